The van der Waals surface area contributed by atoms with Crippen molar-refractivity contribution in [3.8, 4) is 0 Å². The summed E-state index contributed by atoms with van der Waals surface area (Å²) in [7, 11) is 0. The molecule has 1 atom stereocenters. The number of halogens is 1. The Morgan fingerprint density at radius 3 is 2.75 bits per heavy atom. The molecule has 0 aromatic carbocycles. The lowest BCUT2D eigenvalue weighted by Crippen LogP contribution is -2.26. The number of nitrogens with two attached hydrogens (primary N) is 1. The highest BCUT2D eigenvalue weighted by Gasteiger charge is 2.12. The number of pyridine rings is 1. The zero-order chi connectivity index (χ0) is 12.1. The number of anilines is 2. The molecular weight excluding hydrogens is 226 g/mol. The average molecular weight is 244 g/mol. The molecule has 5 heteroatoms. The van der Waals surface area contributed by atoms with Gasteiger partial charge in [-0.25, -0.2) is 4.98 Å². The van der Waals surface area contributed by atoms with Gasteiger partial charge in [-0.2, -0.15) is 0 Å². The Morgan fingerprint density at radius 1 is 1.56 bits per heavy atom. The van der Waals surface area contributed by atoms with Crippen LogP contribution in [0.3, 0.4) is 0 Å². The van der Waals surface area contributed by atoms with Gasteiger partial charge < -0.3 is 16.2 Å². The predicted molar refractivity (Wildman–Crippen MR) is 67.6 cm³/mol. The molecule has 0 saturated carbocycles. The van der Waals surface area contributed by atoms with E-state index in [1.54, 1.807) is 6.07 Å². The van der Waals surface area contributed by atoms with Crippen LogP contribution in [0, 0.1) is 5.92 Å². The van der Waals surface area contributed by atoms with Crippen LogP contribution in [0.15, 0.2) is 12.3 Å². The van der Waals surface area contributed by atoms with Crippen molar-refractivity contribution in [2.45, 2.75) is 26.3 Å². The lowest BCUT2D eigenvalue weighted by molar-refractivity contribution is 0.259. The minimum absolute atomic E-state index is 0.0337. The van der Waals surface area contributed by atoms with Crippen molar-refractivity contribution in [2.75, 3.05) is 17.7 Å². The second-order valence-electron chi connectivity index (χ2n) is 4.25. The summed E-state index contributed by atoms with van der Waals surface area (Å²) < 4.78 is 0. The Balaban J connectivity index is 2.70. The van der Waals surface area contributed by atoms with Crippen LogP contribution in [0.25, 0.3) is 0 Å². The number of hydrogen-bond acceptors (Lipinski definition) is 4. The molecule has 1 unspecified atom stereocenters. The Morgan fingerprint density at radius 2 is 2.25 bits per heavy atom. The zero-order valence-electron chi connectivity index (χ0n) is 9.57. The van der Waals surface area contributed by atoms with Crippen LogP contribution in [-0.4, -0.2) is 22.7 Å². The molecule has 1 aromatic heterocycles. The summed E-state index contributed by atoms with van der Waals surface area (Å²) in [6.45, 7) is 4.26. The van der Waals surface area contributed by atoms with Gasteiger partial charge in [0.1, 0.15) is 5.82 Å². The van der Waals surface area contributed by atoms with E-state index in [9.17, 15) is 5.11 Å². The maximum atomic E-state index is 9.22. The van der Waals surface area contributed by atoms with Crippen molar-refractivity contribution in [2.24, 2.45) is 5.92 Å². The largest absolute Gasteiger partial charge is 0.397 e. The van der Waals surface area contributed by atoms with Crippen LogP contribution in [0.4, 0.5) is 11.5 Å². The first kappa shape index (κ1) is 13.1. The number of aromatic nitrogens is 1. The van der Waals surface area contributed by atoms with Crippen LogP contribution < -0.4 is 11.1 Å². The van der Waals surface area contributed by atoms with E-state index in [4.69, 9.17) is 17.3 Å². The smallest absolute Gasteiger partial charge is 0.145 e. The van der Waals surface area contributed by atoms with Crippen LogP contribution in [0.1, 0.15) is 20.3 Å². The molecule has 4 N–H and O–H groups in total. The summed E-state index contributed by atoms with van der Waals surface area (Å²) in [6, 6.07) is 1.61. The molecule has 0 bridgehead atoms. The van der Waals surface area contributed by atoms with Gasteiger partial charge in [0.2, 0.25) is 0 Å². The number of aliphatic hydroxyl groups is 1. The van der Waals surface area contributed by atoms with E-state index in [-0.39, 0.29) is 12.6 Å². The molecule has 0 radical (unpaired) electrons. The summed E-state index contributed by atoms with van der Waals surface area (Å²) >= 11 is 5.98. The van der Waals surface area contributed by atoms with E-state index < -0.39 is 0 Å². The van der Waals surface area contributed by atoms with Crippen LogP contribution in [0.2, 0.25) is 5.02 Å². The van der Waals surface area contributed by atoms with Gasteiger partial charge in [-0.3, -0.25) is 0 Å². The highest BCUT2D eigenvalue weighted by Crippen LogP contribution is 2.22. The maximum absolute atomic E-state index is 9.22. The second-order valence-corrected chi connectivity index (χ2v) is 4.66. The third-order valence-corrected chi connectivity index (χ3v) is 2.47. The summed E-state index contributed by atoms with van der Waals surface area (Å²) in [5.74, 6) is 1.06. The van der Waals surface area contributed by atoms with E-state index in [2.05, 4.69) is 24.1 Å². The number of rotatable bonds is 5. The van der Waals surface area contributed by atoms with Gasteiger partial charge in [-0.1, -0.05) is 25.4 Å². The molecule has 1 heterocycles. The molecule has 1 rings (SSSR count). The Bertz CT molecular complexity index is 344. The van der Waals surface area contributed by atoms with Crippen molar-refractivity contribution in [1.82, 2.24) is 4.98 Å². The van der Waals surface area contributed by atoms with E-state index in [0.717, 1.165) is 6.42 Å². The van der Waals surface area contributed by atoms with Gasteiger partial charge in [-0.15, -0.1) is 0 Å². The molecule has 0 amide bonds. The molecule has 0 fully saturated rings. The van der Waals surface area contributed by atoms with Crippen LogP contribution in [-0.2, 0) is 0 Å². The third-order valence-electron chi connectivity index (χ3n) is 2.18. The fourth-order valence-electron chi connectivity index (χ4n) is 1.50. The molecule has 16 heavy (non-hydrogen) atoms. The SMILES string of the molecule is CC(C)CC(CO)Nc1ncc(N)cc1Cl. The summed E-state index contributed by atoms with van der Waals surface area (Å²) in [6.07, 6.45) is 2.40. The minimum atomic E-state index is -0.0337. The number of aliphatic hydroxyl groups excluding tert-OH is 1. The average Bonchev–Trinajstić information content (AvgIpc) is 2.20. The summed E-state index contributed by atoms with van der Waals surface area (Å²) in [5.41, 5.74) is 6.08. The standard InChI is InChI=1S/C11H18ClN3O/c1-7(2)3-9(6-16)15-11-10(12)4-8(13)5-14-11/h4-5,7,9,16H,3,6,13H2,1-2H3,(H,14,15). The van der Waals surface area contributed by atoms with Crippen molar-refractivity contribution in [1.29, 1.82) is 0 Å². The highest BCUT2D eigenvalue weighted by atomic mass is 35.5. The van der Waals surface area contributed by atoms with Gasteiger partial charge >= 0.3 is 0 Å². The Labute approximate surface area is 101 Å². The second kappa shape index (κ2) is 5.92. The number of nitrogens with one attached hydrogen (secondary N) is 1. The lowest BCUT2D eigenvalue weighted by Gasteiger charge is -2.19. The molecule has 0 aliphatic rings. The fraction of sp³-hybridized carbons (Fsp3) is 0.545. The lowest BCUT2D eigenvalue weighted by atomic mass is 10.0. The van der Waals surface area contributed by atoms with Crippen LogP contribution in [0.5, 0.6) is 0 Å². The molecule has 0 spiro atoms. The number of hydrogen-bond donors (Lipinski definition) is 3. The maximum Gasteiger partial charge on any atom is 0.145 e. The first-order valence-corrected chi connectivity index (χ1v) is 5.69. The van der Waals surface area contributed by atoms with Gasteiger partial charge in [0.05, 0.1) is 29.6 Å². The van der Waals surface area contributed by atoms with Gasteiger partial charge in [0, 0.05) is 0 Å². The van der Waals surface area contributed by atoms with Gasteiger partial charge in [-0.05, 0) is 18.4 Å². The van der Waals surface area contributed by atoms with Gasteiger partial charge in [0.25, 0.3) is 0 Å². The van der Waals surface area contributed by atoms with E-state index in [1.807, 2.05) is 0 Å². The van der Waals surface area contributed by atoms with Gasteiger partial charge in [0.15, 0.2) is 0 Å². The fourth-order valence-corrected chi connectivity index (χ4v) is 1.73. The summed E-state index contributed by atoms with van der Waals surface area (Å²) in [4.78, 5) is 4.09. The monoisotopic (exact) mass is 243 g/mol. The first-order chi connectivity index (χ1) is 7.52. The normalized spacial score (nSPS) is 12.8. The van der Waals surface area contributed by atoms with Crippen molar-refractivity contribution in [3.05, 3.63) is 17.3 Å². The number of nitrogens with zero attached hydrogens (tertiary/aromatic N) is 1. The molecule has 0 saturated heterocycles. The molecule has 0 aliphatic carbocycles. The van der Waals surface area contributed by atoms with E-state index >= 15 is 0 Å². The molecule has 0 aliphatic heterocycles. The summed E-state index contributed by atoms with van der Waals surface area (Å²) in [5, 5.41) is 12.8. The van der Waals surface area contributed by atoms with Crippen molar-refractivity contribution < 1.29 is 5.11 Å². The molecule has 1 aromatic rings. The molecule has 90 valence electrons. The highest BCUT2D eigenvalue weighted by molar-refractivity contribution is 6.33. The number of nitrogen functional groups attached to an aromatic ring is 1. The van der Waals surface area contributed by atoms with Crippen LogP contribution >= 0.6 is 11.6 Å². The topological polar surface area (TPSA) is 71.2 Å². The van der Waals surface area contributed by atoms with E-state index in [0.29, 0.717) is 22.4 Å². The Hall–Kier alpha value is -1.00. The third kappa shape index (κ3) is 3.87. The quantitative estimate of drug-likeness (QED) is 0.741. The first-order valence-electron chi connectivity index (χ1n) is 5.31. The Kier molecular flexibility index (Phi) is 4.83. The zero-order valence-corrected chi connectivity index (χ0v) is 10.3. The molecular formula is C11H18ClN3O. The van der Waals surface area contributed by atoms with E-state index in [1.165, 1.54) is 6.20 Å². The molecule has 4 nitrogen and oxygen atoms in total. The minimum Gasteiger partial charge on any atom is -0.397 e. The van der Waals surface area contributed by atoms with Crippen molar-refractivity contribution in [3.63, 3.8) is 0 Å². The predicted octanol–water partition coefficient (Wildman–Crippen LogP) is 2.14. The van der Waals surface area contributed by atoms with Crippen molar-refractivity contribution >= 4 is 23.1 Å².